The summed E-state index contributed by atoms with van der Waals surface area (Å²) in [6.45, 7) is 3.51. The van der Waals surface area contributed by atoms with E-state index in [-0.39, 0.29) is 0 Å². The first-order valence-electron chi connectivity index (χ1n) is 5.82. The number of nitrogens with zero attached hydrogens (tertiary/aromatic N) is 1. The van der Waals surface area contributed by atoms with E-state index in [1.807, 2.05) is 0 Å². The highest BCUT2D eigenvalue weighted by Gasteiger charge is 2.34. The van der Waals surface area contributed by atoms with Gasteiger partial charge in [0.1, 0.15) is 0 Å². The van der Waals surface area contributed by atoms with Crippen LogP contribution in [0.2, 0.25) is 0 Å². The zero-order chi connectivity index (χ0) is 9.26. The van der Waals surface area contributed by atoms with Gasteiger partial charge < -0.3 is 5.73 Å². The van der Waals surface area contributed by atoms with Crippen molar-refractivity contribution in [2.45, 2.75) is 63.6 Å². The molecule has 0 spiro atoms. The van der Waals surface area contributed by atoms with Gasteiger partial charge in [0.15, 0.2) is 0 Å². The molecule has 0 amide bonds. The Morgan fingerprint density at radius 2 is 1.92 bits per heavy atom. The quantitative estimate of drug-likeness (QED) is 0.720. The molecule has 2 saturated carbocycles. The molecule has 2 nitrogen and oxygen atoms in total. The summed E-state index contributed by atoms with van der Waals surface area (Å²) in [5, 5.41) is 0. The molecule has 0 aromatic rings. The van der Waals surface area contributed by atoms with Crippen molar-refractivity contribution in [2.75, 3.05) is 6.54 Å². The fraction of sp³-hybridized carbons (Fsp3) is 1.00. The normalized spacial score (nSPS) is 35.3. The second-order valence-corrected chi connectivity index (χ2v) is 4.64. The van der Waals surface area contributed by atoms with Crippen LogP contribution in [0.1, 0.15) is 45.4 Å². The second-order valence-electron chi connectivity index (χ2n) is 4.64. The van der Waals surface area contributed by atoms with Crippen molar-refractivity contribution in [3.05, 3.63) is 0 Å². The van der Waals surface area contributed by atoms with E-state index in [0.29, 0.717) is 6.04 Å². The lowest BCUT2D eigenvalue weighted by Crippen LogP contribution is -2.43. The predicted octanol–water partition coefficient (Wildman–Crippen LogP) is 1.74. The molecule has 2 heteroatoms. The first-order chi connectivity index (χ1) is 6.31. The Kier molecular flexibility index (Phi) is 2.89. The summed E-state index contributed by atoms with van der Waals surface area (Å²) in [5.74, 6) is 0. The van der Waals surface area contributed by atoms with Crippen molar-refractivity contribution in [3.8, 4) is 0 Å². The van der Waals surface area contributed by atoms with Crippen LogP contribution >= 0.6 is 0 Å². The SMILES string of the molecule is CCN(C1CC1)C1CCCC(N)C1. The van der Waals surface area contributed by atoms with Crippen molar-refractivity contribution in [1.82, 2.24) is 4.90 Å². The van der Waals surface area contributed by atoms with Crippen molar-refractivity contribution >= 4 is 0 Å². The second kappa shape index (κ2) is 3.97. The Bertz CT molecular complexity index is 165. The largest absolute Gasteiger partial charge is 0.328 e. The van der Waals surface area contributed by atoms with Crippen LogP contribution in [0.25, 0.3) is 0 Å². The van der Waals surface area contributed by atoms with Gasteiger partial charge >= 0.3 is 0 Å². The van der Waals surface area contributed by atoms with E-state index in [4.69, 9.17) is 5.73 Å². The van der Waals surface area contributed by atoms with E-state index in [0.717, 1.165) is 12.1 Å². The molecule has 0 bridgehead atoms. The predicted molar refractivity (Wildman–Crippen MR) is 55.6 cm³/mol. The molecule has 0 saturated heterocycles. The number of hydrogen-bond acceptors (Lipinski definition) is 2. The fourth-order valence-corrected chi connectivity index (χ4v) is 2.72. The van der Waals surface area contributed by atoms with Crippen LogP contribution in [0.3, 0.4) is 0 Å². The lowest BCUT2D eigenvalue weighted by molar-refractivity contribution is 0.146. The van der Waals surface area contributed by atoms with Gasteiger partial charge in [-0.2, -0.15) is 0 Å². The fourth-order valence-electron chi connectivity index (χ4n) is 2.72. The van der Waals surface area contributed by atoms with Gasteiger partial charge in [0.05, 0.1) is 0 Å². The van der Waals surface area contributed by atoms with Crippen molar-refractivity contribution in [3.63, 3.8) is 0 Å². The van der Waals surface area contributed by atoms with Crippen molar-refractivity contribution in [1.29, 1.82) is 0 Å². The molecule has 2 unspecified atom stereocenters. The minimum atomic E-state index is 0.478. The van der Waals surface area contributed by atoms with Crippen LogP contribution in [-0.2, 0) is 0 Å². The highest BCUT2D eigenvalue weighted by Crippen LogP contribution is 2.32. The average molecular weight is 182 g/mol. The molecule has 2 fully saturated rings. The van der Waals surface area contributed by atoms with Gasteiger partial charge in [0.2, 0.25) is 0 Å². The summed E-state index contributed by atoms with van der Waals surface area (Å²) in [4.78, 5) is 2.69. The maximum Gasteiger partial charge on any atom is 0.0113 e. The summed E-state index contributed by atoms with van der Waals surface area (Å²) in [7, 11) is 0. The summed E-state index contributed by atoms with van der Waals surface area (Å²) >= 11 is 0. The Balaban J connectivity index is 1.88. The summed E-state index contributed by atoms with van der Waals surface area (Å²) in [6.07, 6.45) is 8.08. The monoisotopic (exact) mass is 182 g/mol. The Hall–Kier alpha value is -0.0800. The molecule has 0 heterocycles. The van der Waals surface area contributed by atoms with Crippen LogP contribution in [-0.4, -0.2) is 29.6 Å². The third kappa shape index (κ3) is 2.23. The van der Waals surface area contributed by atoms with Crippen LogP contribution in [0.5, 0.6) is 0 Å². The number of rotatable bonds is 3. The number of nitrogens with two attached hydrogens (primary N) is 1. The van der Waals surface area contributed by atoms with E-state index in [9.17, 15) is 0 Å². The van der Waals surface area contributed by atoms with E-state index in [2.05, 4.69) is 11.8 Å². The molecule has 76 valence electrons. The molecule has 2 aliphatic rings. The minimum absolute atomic E-state index is 0.478. The van der Waals surface area contributed by atoms with E-state index >= 15 is 0 Å². The average Bonchev–Trinajstić information content (AvgIpc) is 2.90. The Morgan fingerprint density at radius 3 is 2.46 bits per heavy atom. The zero-order valence-corrected chi connectivity index (χ0v) is 8.71. The molecule has 13 heavy (non-hydrogen) atoms. The molecule has 2 aliphatic carbocycles. The lowest BCUT2D eigenvalue weighted by atomic mass is 9.90. The van der Waals surface area contributed by atoms with E-state index < -0.39 is 0 Å². The van der Waals surface area contributed by atoms with Gasteiger partial charge in [-0.05, 0) is 38.6 Å². The maximum absolute atomic E-state index is 6.01. The number of hydrogen-bond donors (Lipinski definition) is 1. The Labute approximate surface area is 81.5 Å². The highest BCUT2D eigenvalue weighted by atomic mass is 15.2. The maximum atomic E-state index is 6.01. The van der Waals surface area contributed by atoms with Crippen molar-refractivity contribution in [2.24, 2.45) is 5.73 Å². The minimum Gasteiger partial charge on any atom is -0.328 e. The van der Waals surface area contributed by atoms with Gasteiger partial charge in [-0.1, -0.05) is 13.3 Å². The molecular formula is C11H22N2. The molecular weight excluding hydrogens is 160 g/mol. The first kappa shape index (κ1) is 9.47. The van der Waals surface area contributed by atoms with Crippen LogP contribution < -0.4 is 5.73 Å². The zero-order valence-electron chi connectivity index (χ0n) is 8.71. The third-order valence-corrected chi connectivity index (χ3v) is 3.54. The molecule has 2 N–H and O–H groups in total. The van der Waals surface area contributed by atoms with Gasteiger partial charge in [-0.15, -0.1) is 0 Å². The summed E-state index contributed by atoms with van der Waals surface area (Å²) in [5.41, 5.74) is 6.01. The van der Waals surface area contributed by atoms with E-state index in [1.54, 1.807) is 0 Å². The molecule has 0 radical (unpaired) electrons. The van der Waals surface area contributed by atoms with Gasteiger partial charge in [-0.25, -0.2) is 0 Å². The molecule has 2 rings (SSSR count). The molecule has 0 aromatic heterocycles. The van der Waals surface area contributed by atoms with Gasteiger partial charge in [-0.3, -0.25) is 4.90 Å². The lowest BCUT2D eigenvalue weighted by Gasteiger charge is -2.36. The van der Waals surface area contributed by atoms with Gasteiger partial charge in [0.25, 0.3) is 0 Å². The van der Waals surface area contributed by atoms with Crippen LogP contribution in [0, 0.1) is 0 Å². The van der Waals surface area contributed by atoms with E-state index in [1.165, 1.54) is 45.1 Å². The third-order valence-electron chi connectivity index (χ3n) is 3.54. The van der Waals surface area contributed by atoms with Crippen molar-refractivity contribution < 1.29 is 0 Å². The topological polar surface area (TPSA) is 29.3 Å². The standard InChI is InChI=1S/C11H22N2/c1-2-13(10-6-7-10)11-5-3-4-9(12)8-11/h9-11H,2-8,12H2,1H3. The first-order valence-corrected chi connectivity index (χ1v) is 5.82. The van der Waals surface area contributed by atoms with Crippen LogP contribution in [0.15, 0.2) is 0 Å². The van der Waals surface area contributed by atoms with Gasteiger partial charge in [0, 0.05) is 18.1 Å². The Morgan fingerprint density at radius 1 is 1.15 bits per heavy atom. The molecule has 0 aliphatic heterocycles. The highest BCUT2D eigenvalue weighted by molar-refractivity contribution is 4.91. The summed E-state index contributed by atoms with van der Waals surface area (Å²) < 4.78 is 0. The van der Waals surface area contributed by atoms with Crippen LogP contribution in [0.4, 0.5) is 0 Å². The summed E-state index contributed by atoms with van der Waals surface area (Å²) in [6, 6.07) is 2.20. The molecule has 2 atom stereocenters. The molecule has 0 aromatic carbocycles. The smallest absolute Gasteiger partial charge is 0.0113 e.